The maximum absolute atomic E-state index is 11.3. The fourth-order valence-corrected chi connectivity index (χ4v) is 2.40. The Morgan fingerprint density at radius 2 is 1.94 bits per heavy atom. The molecule has 0 aromatic heterocycles. The first-order chi connectivity index (χ1) is 8.54. The molecule has 3 atom stereocenters. The van der Waals surface area contributed by atoms with Crippen molar-refractivity contribution in [2.24, 2.45) is 0 Å². The second-order valence-electron chi connectivity index (χ2n) is 4.56. The number of hydrogen-bond acceptors (Lipinski definition) is 2. The smallest absolute Gasteiger partial charge is 0.0406 e. The molecule has 0 saturated heterocycles. The molecule has 1 rings (SSSR count). The zero-order valence-corrected chi connectivity index (χ0v) is 12.9. The summed E-state index contributed by atoms with van der Waals surface area (Å²) in [5, 5.41) is 4.53. The molecular weight excluding hydrogens is 266 g/mol. The average Bonchev–Trinajstić information content (AvgIpc) is 2.35. The molecule has 0 aliphatic carbocycles. The van der Waals surface area contributed by atoms with Gasteiger partial charge in [-0.3, -0.25) is 4.21 Å². The second kappa shape index (κ2) is 7.93. The Bertz CT molecular complexity index is 380. The van der Waals surface area contributed by atoms with E-state index in [0.717, 1.165) is 24.4 Å². The van der Waals surface area contributed by atoms with Crippen molar-refractivity contribution < 1.29 is 4.21 Å². The van der Waals surface area contributed by atoms with Crippen molar-refractivity contribution in [3.8, 4) is 0 Å². The van der Waals surface area contributed by atoms with Crippen LogP contribution in [0.1, 0.15) is 38.3 Å². The summed E-state index contributed by atoms with van der Waals surface area (Å²) in [6, 6.07) is 8.31. The van der Waals surface area contributed by atoms with Gasteiger partial charge in [-0.2, -0.15) is 0 Å². The largest absolute Gasteiger partial charge is 0.310 e. The summed E-state index contributed by atoms with van der Waals surface area (Å²) >= 11 is 5.89. The molecular formula is C14H22ClNOS. The third kappa shape index (κ3) is 5.09. The molecule has 1 aromatic rings. The Hall–Kier alpha value is -0.380. The summed E-state index contributed by atoms with van der Waals surface area (Å²) < 4.78 is 11.3. The topological polar surface area (TPSA) is 29.1 Å². The average molecular weight is 288 g/mol. The normalized spacial score (nSPS) is 16.2. The van der Waals surface area contributed by atoms with Crippen LogP contribution in [0.5, 0.6) is 0 Å². The lowest BCUT2D eigenvalue weighted by Crippen LogP contribution is -2.25. The van der Waals surface area contributed by atoms with Crippen LogP contribution in [0.3, 0.4) is 0 Å². The minimum atomic E-state index is -0.732. The minimum absolute atomic E-state index is 0.250. The molecule has 0 amide bonds. The van der Waals surface area contributed by atoms with Gasteiger partial charge >= 0.3 is 0 Å². The highest BCUT2D eigenvalue weighted by atomic mass is 35.5. The van der Waals surface area contributed by atoms with E-state index in [1.807, 2.05) is 19.1 Å². The summed E-state index contributed by atoms with van der Waals surface area (Å²) in [4.78, 5) is 0. The Morgan fingerprint density at radius 3 is 2.44 bits per heavy atom. The first-order valence-corrected chi connectivity index (χ1v) is 8.35. The molecule has 0 heterocycles. The third-order valence-electron chi connectivity index (χ3n) is 3.19. The molecule has 18 heavy (non-hydrogen) atoms. The quantitative estimate of drug-likeness (QED) is 0.831. The van der Waals surface area contributed by atoms with Crippen LogP contribution in [-0.4, -0.2) is 22.3 Å². The standard InChI is InChI=1S/C14H22ClNOS/c1-4-14(12-5-7-13(15)8-6-12)16-10-9-11(2)18(3)17/h5-8,11,14,16H,4,9-10H2,1-3H3. The predicted molar refractivity (Wildman–Crippen MR) is 80.6 cm³/mol. The highest BCUT2D eigenvalue weighted by molar-refractivity contribution is 7.84. The summed E-state index contributed by atoms with van der Waals surface area (Å²) in [5.41, 5.74) is 1.26. The molecule has 0 fully saturated rings. The zero-order valence-electron chi connectivity index (χ0n) is 11.3. The van der Waals surface area contributed by atoms with E-state index in [4.69, 9.17) is 11.6 Å². The van der Waals surface area contributed by atoms with Crippen molar-refractivity contribution in [1.29, 1.82) is 0 Å². The lowest BCUT2D eigenvalue weighted by Gasteiger charge is -2.18. The van der Waals surface area contributed by atoms with Gasteiger partial charge in [0, 0.05) is 33.4 Å². The van der Waals surface area contributed by atoms with Crippen LogP contribution in [0.4, 0.5) is 0 Å². The fraction of sp³-hybridized carbons (Fsp3) is 0.571. The first-order valence-electron chi connectivity index (χ1n) is 6.35. The van der Waals surface area contributed by atoms with Gasteiger partial charge in [0.25, 0.3) is 0 Å². The van der Waals surface area contributed by atoms with Crippen molar-refractivity contribution in [3.63, 3.8) is 0 Å². The van der Waals surface area contributed by atoms with E-state index < -0.39 is 10.8 Å². The van der Waals surface area contributed by atoms with Gasteiger partial charge in [0.05, 0.1) is 0 Å². The van der Waals surface area contributed by atoms with Crippen molar-refractivity contribution >= 4 is 22.4 Å². The monoisotopic (exact) mass is 287 g/mol. The van der Waals surface area contributed by atoms with Crippen LogP contribution < -0.4 is 5.32 Å². The molecule has 4 heteroatoms. The van der Waals surface area contributed by atoms with Gasteiger partial charge in [-0.1, -0.05) is 37.6 Å². The molecule has 1 N–H and O–H groups in total. The first kappa shape index (κ1) is 15.7. The number of nitrogens with one attached hydrogen (secondary N) is 1. The molecule has 102 valence electrons. The molecule has 3 unspecified atom stereocenters. The van der Waals surface area contributed by atoms with Gasteiger partial charge in [-0.25, -0.2) is 0 Å². The Balaban J connectivity index is 2.47. The SMILES string of the molecule is CCC(NCCC(C)S(C)=O)c1ccc(Cl)cc1. The summed E-state index contributed by atoms with van der Waals surface area (Å²) in [6.45, 7) is 5.08. The number of halogens is 1. The van der Waals surface area contributed by atoms with Gasteiger partial charge < -0.3 is 5.32 Å². The highest BCUT2D eigenvalue weighted by Gasteiger charge is 2.10. The van der Waals surface area contributed by atoms with Crippen LogP contribution in [0.2, 0.25) is 5.02 Å². The third-order valence-corrected chi connectivity index (χ3v) is 4.81. The molecule has 0 radical (unpaired) electrons. The van der Waals surface area contributed by atoms with E-state index in [2.05, 4.69) is 24.4 Å². The van der Waals surface area contributed by atoms with Crippen molar-refractivity contribution in [2.75, 3.05) is 12.8 Å². The van der Waals surface area contributed by atoms with E-state index in [0.29, 0.717) is 6.04 Å². The Morgan fingerprint density at radius 1 is 1.33 bits per heavy atom. The van der Waals surface area contributed by atoms with Crippen LogP contribution in [0.15, 0.2) is 24.3 Å². The van der Waals surface area contributed by atoms with Crippen molar-refractivity contribution in [2.45, 2.75) is 38.0 Å². The number of rotatable bonds is 7. The fourth-order valence-electron chi connectivity index (χ4n) is 1.82. The van der Waals surface area contributed by atoms with E-state index in [-0.39, 0.29) is 5.25 Å². The zero-order chi connectivity index (χ0) is 13.5. The highest BCUT2D eigenvalue weighted by Crippen LogP contribution is 2.19. The molecule has 0 aliphatic heterocycles. The molecule has 0 spiro atoms. The predicted octanol–water partition coefficient (Wildman–Crippen LogP) is 3.54. The van der Waals surface area contributed by atoms with Gasteiger partial charge in [-0.05, 0) is 37.1 Å². The Kier molecular flexibility index (Phi) is 6.90. The molecule has 2 nitrogen and oxygen atoms in total. The summed E-state index contributed by atoms with van der Waals surface area (Å²) in [7, 11) is -0.732. The lowest BCUT2D eigenvalue weighted by atomic mass is 10.0. The van der Waals surface area contributed by atoms with Crippen LogP contribution in [0, 0.1) is 0 Å². The van der Waals surface area contributed by atoms with E-state index >= 15 is 0 Å². The van der Waals surface area contributed by atoms with E-state index in [1.165, 1.54) is 5.56 Å². The van der Waals surface area contributed by atoms with E-state index in [1.54, 1.807) is 6.26 Å². The Labute approximate surface area is 118 Å². The van der Waals surface area contributed by atoms with Gasteiger partial charge in [-0.15, -0.1) is 0 Å². The van der Waals surface area contributed by atoms with Crippen LogP contribution in [-0.2, 0) is 10.8 Å². The molecule has 0 saturated carbocycles. The molecule has 0 aliphatic rings. The summed E-state index contributed by atoms with van der Waals surface area (Å²) in [5.74, 6) is 0. The van der Waals surface area contributed by atoms with Crippen LogP contribution >= 0.6 is 11.6 Å². The number of hydrogen-bond donors (Lipinski definition) is 1. The number of benzene rings is 1. The maximum Gasteiger partial charge on any atom is 0.0406 e. The van der Waals surface area contributed by atoms with Crippen molar-refractivity contribution in [1.82, 2.24) is 5.32 Å². The maximum atomic E-state index is 11.3. The summed E-state index contributed by atoms with van der Waals surface area (Å²) in [6.07, 6.45) is 3.74. The molecule has 0 bridgehead atoms. The van der Waals surface area contributed by atoms with Crippen LogP contribution in [0.25, 0.3) is 0 Å². The van der Waals surface area contributed by atoms with E-state index in [9.17, 15) is 4.21 Å². The minimum Gasteiger partial charge on any atom is -0.310 e. The lowest BCUT2D eigenvalue weighted by molar-refractivity contribution is 0.508. The second-order valence-corrected chi connectivity index (χ2v) is 6.80. The van der Waals surface area contributed by atoms with Gasteiger partial charge in [0.1, 0.15) is 0 Å². The molecule has 1 aromatic carbocycles. The van der Waals surface area contributed by atoms with Gasteiger partial charge in [0.15, 0.2) is 0 Å². The van der Waals surface area contributed by atoms with Gasteiger partial charge in [0.2, 0.25) is 0 Å². The van der Waals surface area contributed by atoms with Crippen molar-refractivity contribution in [3.05, 3.63) is 34.9 Å².